The first-order valence-electron chi connectivity index (χ1n) is 33.4. The van der Waals surface area contributed by atoms with Crippen LogP contribution >= 0.6 is 0 Å². The van der Waals surface area contributed by atoms with E-state index in [-0.39, 0.29) is 31.1 Å². The molecule has 0 aliphatic carbocycles. The monoisotopic (exact) mass is 1070 g/mol. The molecule has 0 N–H and O–H groups in total. The van der Waals surface area contributed by atoms with Gasteiger partial charge >= 0.3 is 17.9 Å². The Labute approximate surface area is 478 Å². The van der Waals surface area contributed by atoms with Crippen LogP contribution in [0.3, 0.4) is 0 Å². The van der Waals surface area contributed by atoms with Crippen LogP contribution in [0.25, 0.3) is 0 Å². The van der Waals surface area contributed by atoms with Crippen LogP contribution in [0.5, 0.6) is 0 Å². The Morgan fingerprint density at radius 3 is 0.792 bits per heavy atom. The predicted molar refractivity (Wildman–Crippen MR) is 335 cm³/mol. The van der Waals surface area contributed by atoms with E-state index in [9.17, 15) is 14.4 Å². The molecule has 0 aromatic heterocycles. The molecule has 0 saturated heterocycles. The first kappa shape index (κ1) is 73.8. The highest BCUT2D eigenvalue weighted by atomic mass is 16.6. The summed E-state index contributed by atoms with van der Waals surface area (Å²) in [5.74, 6) is -0.864. The molecular weight excluding hydrogens is 949 g/mol. The molecular formula is C71H126O6. The van der Waals surface area contributed by atoms with Crippen LogP contribution in [0.4, 0.5) is 0 Å². The number of carbonyl (C=O) groups is 3. The van der Waals surface area contributed by atoms with Gasteiger partial charge in [0.1, 0.15) is 13.2 Å². The number of ether oxygens (including phenoxy) is 3. The van der Waals surface area contributed by atoms with E-state index in [1.807, 2.05) is 0 Å². The first-order chi connectivity index (χ1) is 38.0. The van der Waals surface area contributed by atoms with Crippen molar-refractivity contribution >= 4 is 17.9 Å². The Morgan fingerprint density at radius 1 is 0.273 bits per heavy atom. The number of allylic oxidation sites excluding steroid dienone is 12. The van der Waals surface area contributed by atoms with Crippen LogP contribution in [-0.4, -0.2) is 37.2 Å². The third-order valence-electron chi connectivity index (χ3n) is 14.7. The minimum absolute atomic E-state index is 0.0746. The topological polar surface area (TPSA) is 78.9 Å². The average Bonchev–Trinajstić information content (AvgIpc) is 3.43. The fourth-order valence-electron chi connectivity index (χ4n) is 9.70. The molecule has 0 fully saturated rings. The smallest absolute Gasteiger partial charge is 0.306 e. The quantitative estimate of drug-likeness (QED) is 0.0261. The number of rotatable bonds is 61. The van der Waals surface area contributed by atoms with Crippen LogP contribution in [0.15, 0.2) is 72.9 Å². The second-order valence-electron chi connectivity index (χ2n) is 22.4. The van der Waals surface area contributed by atoms with Crippen molar-refractivity contribution in [1.82, 2.24) is 0 Å². The van der Waals surface area contributed by atoms with Gasteiger partial charge in [-0.15, -0.1) is 0 Å². The summed E-state index contributed by atoms with van der Waals surface area (Å²) in [6, 6.07) is 0. The van der Waals surface area contributed by atoms with Gasteiger partial charge < -0.3 is 14.2 Å². The Kier molecular flexibility index (Phi) is 62.7. The molecule has 0 amide bonds. The van der Waals surface area contributed by atoms with Crippen molar-refractivity contribution in [2.45, 2.75) is 348 Å². The van der Waals surface area contributed by atoms with Crippen LogP contribution in [0.2, 0.25) is 0 Å². The lowest BCUT2D eigenvalue weighted by atomic mass is 10.0. The van der Waals surface area contributed by atoms with Gasteiger partial charge in [0.05, 0.1) is 0 Å². The summed E-state index contributed by atoms with van der Waals surface area (Å²) in [5, 5.41) is 0. The van der Waals surface area contributed by atoms with Gasteiger partial charge in [0.25, 0.3) is 0 Å². The molecule has 0 spiro atoms. The number of hydrogen-bond donors (Lipinski definition) is 0. The fraction of sp³-hybridized carbons (Fsp3) is 0.789. The summed E-state index contributed by atoms with van der Waals surface area (Å²) in [4.78, 5) is 38.4. The SMILES string of the molecule is CC/C=C\C/C=C\C/C=C\C/C=C\CCCCCCCCCCCCC(=O)OCC(COC(=O)CCCCCCCCCCCCCCCCC)OC(=O)CCCCCCCCCCC/C=C\C/C=C\CCCCCCC. The van der Waals surface area contributed by atoms with Gasteiger partial charge in [-0.2, -0.15) is 0 Å². The van der Waals surface area contributed by atoms with Crippen LogP contribution < -0.4 is 0 Å². The Bertz CT molecular complexity index is 1420. The van der Waals surface area contributed by atoms with Crippen molar-refractivity contribution in [3.8, 4) is 0 Å². The summed E-state index contributed by atoms with van der Waals surface area (Å²) in [6.07, 6.45) is 84.8. The van der Waals surface area contributed by atoms with E-state index in [0.717, 1.165) is 89.9 Å². The van der Waals surface area contributed by atoms with Gasteiger partial charge in [0, 0.05) is 19.3 Å². The fourth-order valence-corrected chi connectivity index (χ4v) is 9.70. The van der Waals surface area contributed by atoms with E-state index >= 15 is 0 Å². The largest absolute Gasteiger partial charge is 0.462 e. The zero-order valence-electron chi connectivity index (χ0n) is 51.2. The molecule has 0 aliphatic heterocycles. The Morgan fingerprint density at radius 2 is 0.506 bits per heavy atom. The molecule has 0 rings (SSSR count). The molecule has 0 saturated carbocycles. The van der Waals surface area contributed by atoms with Crippen LogP contribution in [0.1, 0.15) is 342 Å². The number of esters is 3. The second-order valence-corrected chi connectivity index (χ2v) is 22.4. The molecule has 77 heavy (non-hydrogen) atoms. The molecule has 0 radical (unpaired) electrons. The molecule has 0 aromatic carbocycles. The predicted octanol–water partition coefficient (Wildman–Crippen LogP) is 22.9. The molecule has 6 heteroatoms. The number of carbonyl (C=O) groups excluding carboxylic acids is 3. The van der Waals surface area contributed by atoms with Gasteiger partial charge in [0.2, 0.25) is 0 Å². The van der Waals surface area contributed by atoms with E-state index < -0.39 is 6.10 Å². The highest BCUT2D eigenvalue weighted by Crippen LogP contribution is 2.17. The van der Waals surface area contributed by atoms with E-state index in [1.165, 1.54) is 212 Å². The molecule has 1 atom stereocenters. The molecule has 0 heterocycles. The molecule has 0 aromatic rings. The van der Waals surface area contributed by atoms with Crippen molar-refractivity contribution in [3.63, 3.8) is 0 Å². The Balaban J connectivity index is 4.34. The maximum atomic E-state index is 12.9. The lowest BCUT2D eigenvalue weighted by Gasteiger charge is -2.18. The van der Waals surface area contributed by atoms with E-state index in [4.69, 9.17) is 14.2 Å². The third kappa shape index (κ3) is 63.6. The molecule has 0 bridgehead atoms. The van der Waals surface area contributed by atoms with E-state index in [0.29, 0.717) is 19.3 Å². The maximum Gasteiger partial charge on any atom is 0.306 e. The second kappa shape index (κ2) is 65.4. The van der Waals surface area contributed by atoms with Crippen LogP contribution in [-0.2, 0) is 28.6 Å². The van der Waals surface area contributed by atoms with Gasteiger partial charge in [0.15, 0.2) is 6.10 Å². The van der Waals surface area contributed by atoms with E-state index in [2.05, 4.69) is 93.7 Å². The number of unbranched alkanes of at least 4 members (excludes halogenated alkanes) is 38. The van der Waals surface area contributed by atoms with E-state index in [1.54, 1.807) is 0 Å². The standard InChI is InChI=1S/C71H126O6/c1-4-7-10-13-16-19-22-25-28-30-32-34-35-37-38-40-43-46-49-52-55-58-61-64-70(73)76-67-68(66-75-69(72)63-60-57-54-51-48-45-42-27-24-21-18-15-12-9-6-3)77-71(74)65-62-59-56-53-50-47-44-41-39-36-33-31-29-26-23-20-17-14-11-8-5-2/h7,10,16,19,23,25-26,28,31-34,68H,4-6,8-9,11-15,17-18,20-22,24,27,29-30,35-67H2,1-3H3/b10-7-,19-16-,26-23-,28-25-,33-31-,34-32-. The minimum Gasteiger partial charge on any atom is -0.462 e. The third-order valence-corrected chi connectivity index (χ3v) is 14.7. The molecule has 0 aliphatic rings. The highest BCUT2D eigenvalue weighted by Gasteiger charge is 2.19. The summed E-state index contributed by atoms with van der Waals surface area (Å²) < 4.78 is 17.0. The normalized spacial score (nSPS) is 12.5. The van der Waals surface area contributed by atoms with Crippen LogP contribution in [0, 0.1) is 0 Å². The molecule has 446 valence electrons. The van der Waals surface area contributed by atoms with Crippen molar-refractivity contribution in [2.24, 2.45) is 0 Å². The summed E-state index contributed by atoms with van der Waals surface area (Å²) in [6.45, 7) is 6.56. The van der Waals surface area contributed by atoms with Crippen molar-refractivity contribution in [3.05, 3.63) is 72.9 Å². The summed E-state index contributed by atoms with van der Waals surface area (Å²) in [5.41, 5.74) is 0. The lowest BCUT2D eigenvalue weighted by Crippen LogP contribution is -2.30. The summed E-state index contributed by atoms with van der Waals surface area (Å²) >= 11 is 0. The number of hydrogen-bond acceptors (Lipinski definition) is 6. The Hall–Kier alpha value is -3.15. The highest BCUT2D eigenvalue weighted by molar-refractivity contribution is 5.71. The minimum atomic E-state index is -0.779. The van der Waals surface area contributed by atoms with Gasteiger partial charge in [-0.1, -0.05) is 306 Å². The summed E-state index contributed by atoms with van der Waals surface area (Å²) in [7, 11) is 0. The zero-order chi connectivity index (χ0) is 55.7. The van der Waals surface area contributed by atoms with Gasteiger partial charge in [-0.05, 0) is 89.9 Å². The van der Waals surface area contributed by atoms with Crippen molar-refractivity contribution in [1.29, 1.82) is 0 Å². The van der Waals surface area contributed by atoms with Crippen molar-refractivity contribution < 1.29 is 28.6 Å². The maximum absolute atomic E-state index is 12.9. The first-order valence-corrected chi connectivity index (χ1v) is 33.4. The zero-order valence-corrected chi connectivity index (χ0v) is 51.2. The molecule has 6 nitrogen and oxygen atoms in total. The molecule has 1 unspecified atom stereocenters. The van der Waals surface area contributed by atoms with Gasteiger partial charge in [-0.3, -0.25) is 14.4 Å². The van der Waals surface area contributed by atoms with Crippen molar-refractivity contribution in [2.75, 3.05) is 13.2 Å². The van der Waals surface area contributed by atoms with Gasteiger partial charge in [-0.25, -0.2) is 0 Å². The lowest BCUT2D eigenvalue weighted by molar-refractivity contribution is -0.167. The average molecular weight is 1080 g/mol.